The highest BCUT2D eigenvalue weighted by molar-refractivity contribution is 7.18. The van der Waals surface area contributed by atoms with Crippen molar-refractivity contribution in [3.8, 4) is 5.75 Å². The van der Waals surface area contributed by atoms with Crippen molar-refractivity contribution in [2.45, 2.75) is 76.7 Å². The van der Waals surface area contributed by atoms with Crippen molar-refractivity contribution < 1.29 is 28.7 Å². The number of amides is 5. The second kappa shape index (κ2) is 16.1. The molecule has 5 heterocycles. The Morgan fingerprint density at radius 3 is 2.50 bits per heavy atom. The van der Waals surface area contributed by atoms with Crippen molar-refractivity contribution in [2.24, 2.45) is 11.8 Å². The van der Waals surface area contributed by atoms with Crippen LogP contribution in [0.5, 0.6) is 5.75 Å². The molecule has 56 heavy (non-hydrogen) atoms. The third-order valence-electron chi connectivity index (χ3n) is 11.7. The minimum absolute atomic E-state index is 0.0930. The highest BCUT2D eigenvalue weighted by atomic mass is 32.1. The Morgan fingerprint density at radius 2 is 1.75 bits per heavy atom. The van der Waals surface area contributed by atoms with Crippen LogP contribution in [0, 0.1) is 18.8 Å². The van der Waals surface area contributed by atoms with Gasteiger partial charge in [0, 0.05) is 43.4 Å². The summed E-state index contributed by atoms with van der Waals surface area (Å²) >= 11 is 1.70. The zero-order chi connectivity index (χ0) is 38.9. The number of fused-ring (bicyclic) bond motifs is 2. The maximum atomic E-state index is 13.4. The van der Waals surface area contributed by atoms with Gasteiger partial charge in [0.15, 0.2) is 0 Å². The smallest absolute Gasteiger partial charge is 0.274 e. The third kappa shape index (κ3) is 7.74. The molecule has 1 saturated carbocycles. The Balaban J connectivity index is 0.789. The lowest BCUT2D eigenvalue weighted by Crippen LogP contribution is -2.54. The van der Waals surface area contributed by atoms with E-state index >= 15 is 0 Å². The lowest BCUT2D eigenvalue weighted by molar-refractivity contribution is -0.136. The molecule has 2 aromatic carbocycles. The first-order chi connectivity index (χ1) is 27.1. The number of thiazole rings is 1. The average Bonchev–Trinajstić information content (AvgIpc) is 3.73. The van der Waals surface area contributed by atoms with Crippen LogP contribution in [0.15, 0.2) is 42.6 Å². The molecule has 2 aromatic heterocycles. The number of likely N-dealkylation sites (tertiary alicyclic amines) is 1. The van der Waals surface area contributed by atoms with Crippen molar-refractivity contribution in [3.05, 3.63) is 70.2 Å². The molecule has 14 nitrogen and oxygen atoms in total. The highest BCUT2D eigenvalue weighted by Gasteiger charge is 2.45. The fourth-order valence-corrected chi connectivity index (χ4v) is 9.83. The normalized spacial score (nSPS) is 22.0. The first-order valence-corrected chi connectivity index (χ1v) is 20.4. The molecule has 1 aliphatic carbocycles. The van der Waals surface area contributed by atoms with Crippen molar-refractivity contribution in [3.63, 3.8) is 0 Å². The molecule has 0 radical (unpaired) electrons. The van der Waals surface area contributed by atoms with Gasteiger partial charge in [-0.25, -0.2) is 15.0 Å². The van der Waals surface area contributed by atoms with E-state index in [-0.39, 0.29) is 24.7 Å². The molecule has 3 aliphatic heterocycles. The van der Waals surface area contributed by atoms with Crippen LogP contribution < -0.4 is 20.7 Å². The van der Waals surface area contributed by atoms with Gasteiger partial charge in [-0.2, -0.15) is 0 Å². The second-order valence-corrected chi connectivity index (χ2v) is 16.4. The highest BCUT2D eigenvalue weighted by Crippen LogP contribution is 2.42. The van der Waals surface area contributed by atoms with Gasteiger partial charge in [-0.15, -0.1) is 11.3 Å². The minimum atomic E-state index is -0.976. The van der Waals surface area contributed by atoms with Crippen molar-refractivity contribution in [1.82, 2.24) is 30.1 Å². The molecule has 3 N–H and O–H groups in total. The van der Waals surface area contributed by atoms with Gasteiger partial charge in [-0.3, -0.25) is 34.2 Å². The zero-order valence-electron chi connectivity index (χ0n) is 31.6. The summed E-state index contributed by atoms with van der Waals surface area (Å²) in [5, 5.41) is 9.76. The number of piperidine rings is 2. The molecule has 4 aliphatic rings. The van der Waals surface area contributed by atoms with Crippen LogP contribution in [-0.4, -0.2) is 93.6 Å². The Hall–Kier alpha value is -5.28. The number of carbonyl (C=O) groups is 5. The topological polar surface area (TPSA) is 176 Å². The monoisotopic (exact) mass is 778 g/mol. The minimum Gasteiger partial charge on any atom is -0.494 e. The van der Waals surface area contributed by atoms with Crippen LogP contribution >= 0.6 is 11.3 Å². The summed E-state index contributed by atoms with van der Waals surface area (Å²) in [4.78, 5) is 80.6. The fraction of sp³-hybridized carbons (Fsp3) is 0.463. The van der Waals surface area contributed by atoms with E-state index in [2.05, 4.69) is 30.8 Å². The molecule has 3 fully saturated rings. The summed E-state index contributed by atoms with van der Waals surface area (Å²) in [5.74, 6) is 0.478. The molecule has 4 aromatic rings. The SMILES string of the molecule is COc1cc2nc([C@H]3CC[C@H](CN4CCC(CCNc5cccc6c5C(=O)N(C5CCC(=O)NC5=O)C6=O)CC4)CC3)sc2cc1NC(=O)c1ccnc(C)n1. The molecule has 5 amide bonds. The van der Waals surface area contributed by atoms with Crippen LogP contribution in [0.4, 0.5) is 11.4 Å². The summed E-state index contributed by atoms with van der Waals surface area (Å²) in [6.45, 7) is 5.71. The summed E-state index contributed by atoms with van der Waals surface area (Å²) in [6, 6.07) is 9.65. The third-order valence-corrected chi connectivity index (χ3v) is 12.9. The van der Waals surface area contributed by atoms with Gasteiger partial charge in [0.2, 0.25) is 11.8 Å². The van der Waals surface area contributed by atoms with Crippen LogP contribution in [0.2, 0.25) is 0 Å². The molecule has 0 bridgehead atoms. The molecule has 8 rings (SSSR count). The fourth-order valence-electron chi connectivity index (χ4n) is 8.67. The van der Waals surface area contributed by atoms with Gasteiger partial charge < -0.3 is 20.3 Å². The number of rotatable bonds is 11. The maximum absolute atomic E-state index is 13.4. The van der Waals surface area contributed by atoms with Crippen LogP contribution in [0.1, 0.15) is 106 Å². The Labute approximate surface area is 328 Å². The van der Waals surface area contributed by atoms with E-state index in [1.165, 1.54) is 12.8 Å². The number of hydrogen-bond acceptors (Lipinski definition) is 12. The molecular weight excluding hydrogens is 733 g/mol. The largest absolute Gasteiger partial charge is 0.494 e. The van der Waals surface area contributed by atoms with Crippen LogP contribution in [0.3, 0.4) is 0 Å². The molecule has 0 spiro atoms. The van der Waals surface area contributed by atoms with Gasteiger partial charge in [-0.1, -0.05) is 6.07 Å². The van der Waals surface area contributed by atoms with E-state index in [4.69, 9.17) is 9.72 Å². The van der Waals surface area contributed by atoms with Gasteiger partial charge in [0.1, 0.15) is 23.3 Å². The van der Waals surface area contributed by atoms with E-state index in [0.717, 1.165) is 71.9 Å². The van der Waals surface area contributed by atoms with Crippen LogP contribution in [0.25, 0.3) is 10.2 Å². The maximum Gasteiger partial charge on any atom is 0.274 e. The van der Waals surface area contributed by atoms with Gasteiger partial charge >= 0.3 is 0 Å². The number of hydrogen-bond donors (Lipinski definition) is 3. The summed E-state index contributed by atoms with van der Waals surface area (Å²) in [5.41, 5.74) is 2.98. The standard InChI is InChI=1S/C41H46N8O6S/c1-23-42-17-13-29(44-23)37(51)45-30-21-34-31(20-33(30)55-2)46-39(56-34)26-8-6-25(7-9-26)22-48-18-14-24(15-19-48)12-16-43-28-5-3-4-27-36(28)41(54)49(40(27)53)32-10-11-35(50)47-38(32)52/h3-5,13,17,20-21,24-26,32,43H,6-12,14-16,18-19,22H2,1-2H3,(H,45,51)(H,47,50,52)/t25-,26-,32?. The van der Waals surface area contributed by atoms with Gasteiger partial charge in [0.25, 0.3) is 17.7 Å². The molecule has 2 saturated heterocycles. The van der Waals surface area contributed by atoms with E-state index in [1.54, 1.807) is 49.8 Å². The number of ether oxygens (including phenoxy) is 1. The van der Waals surface area contributed by atoms with E-state index in [1.807, 2.05) is 18.2 Å². The van der Waals surface area contributed by atoms with E-state index in [0.29, 0.717) is 64.1 Å². The Morgan fingerprint density at radius 1 is 0.946 bits per heavy atom. The summed E-state index contributed by atoms with van der Waals surface area (Å²) < 4.78 is 6.63. The van der Waals surface area contributed by atoms with E-state index in [9.17, 15) is 24.0 Å². The number of anilines is 2. The Kier molecular flexibility index (Phi) is 10.8. The lowest BCUT2D eigenvalue weighted by Gasteiger charge is -2.36. The number of aryl methyl sites for hydroxylation is 1. The number of carbonyl (C=O) groups excluding carboxylic acids is 5. The summed E-state index contributed by atoms with van der Waals surface area (Å²) in [7, 11) is 1.59. The quantitative estimate of drug-likeness (QED) is 0.163. The first-order valence-electron chi connectivity index (χ1n) is 19.6. The molecule has 1 atom stereocenters. The second-order valence-electron chi connectivity index (χ2n) is 15.4. The number of nitrogens with zero attached hydrogens (tertiary/aromatic N) is 5. The number of methoxy groups -OCH3 is 1. The van der Waals surface area contributed by atoms with Crippen molar-refractivity contribution in [1.29, 1.82) is 0 Å². The number of imide groups is 2. The summed E-state index contributed by atoms with van der Waals surface area (Å²) in [6.07, 6.45) is 9.60. The lowest BCUT2D eigenvalue weighted by atomic mass is 9.81. The Bertz CT molecular complexity index is 2190. The molecule has 292 valence electrons. The van der Waals surface area contributed by atoms with Gasteiger partial charge in [0.05, 0.1) is 39.1 Å². The van der Waals surface area contributed by atoms with Gasteiger partial charge in [-0.05, 0) is 107 Å². The molecule has 1 unspecified atom stereocenters. The number of aromatic nitrogens is 3. The predicted octanol–water partition coefficient (Wildman–Crippen LogP) is 5.54. The first kappa shape index (κ1) is 37.6. The molecular formula is C41H46N8O6S. The van der Waals surface area contributed by atoms with Crippen molar-refractivity contribution in [2.75, 3.05) is 43.9 Å². The molecule has 15 heteroatoms. The van der Waals surface area contributed by atoms with Crippen molar-refractivity contribution >= 4 is 62.5 Å². The van der Waals surface area contributed by atoms with E-state index < -0.39 is 23.8 Å². The van der Waals surface area contributed by atoms with Crippen LogP contribution in [-0.2, 0) is 9.59 Å². The number of benzene rings is 2. The zero-order valence-corrected chi connectivity index (χ0v) is 32.5. The number of nitrogens with one attached hydrogen (secondary N) is 3. The average molecular weight is 779 g/mol. The predicted molar refractivity (Wildman–Crippen MR) is 211 cm³/mol.